The van der Waals surface area contributed by atoms with E-state index in [-0.39, 0.29) is 0 Å². The summed E-state index contributed by atoms with van der Waals surface area (Å²) >= 11 is 0. The van der Waals surface area contributed by atoms with Crippen molar-refractivity contribution in [3.05, 3.63) is 66.7 Å². The normalized spacial score (nSPS) is 18.8. The van der Waals surface area contributed by atoms with Gasteiger partial charge in [-0.2, -0.15) is 4.98 Å². The van der Waals surface area contributed by atoms with Crippen LogP contribution in [0.1, 0.15) is 25.7 Å². The lowest BCUT2D eigenvalue weighted by molar-refractivity contribution is 0.276. The van der Waals surface area contributed by atoms with Gasteiger partial charge in [-0.05, 0) is 54.7 Å². The Hall–Kier alpha value is -3.23. The molecule has 4 N–H and O–H groups in total. The van der Waals surface area contributed by atoms with Crippen molar-refractivity contribution in [3.8, 4) is 0 Å². The molecule has 0 radical (unpaired) electrons. The number of anilines is 2. The topological polar surface area (TPSA) is 110 Å². The summed E-state index contributed by atoms with van der Waals surface area (Å²) in [6.07, 6.45) is 4.15. The first-order chi connectivity index (χ1) is 16.5. The van der Waals surface area contributed by atoms with Gasteiger partial charge in [0.2, 0.25) is 16.0 Å². The lowest BCUT2D eigenvalue weighted by Crippen LogP contribution is -2.33. The van der Waals surface area contributed by atoms with Crippen LogP contribution in [-0.4, -0.2) is 31.5 Å². The van der Waals surface area contributed by atoms with Crippen molar-refractivity contribution in [2.75, 3.05) is 24.1 Å². The molecule has 8 heteroatoms. The first kappa shape index (κ1) is 22.6. The number of rotatable bonds is 7. The maximum Gasteiger partial charge on any atom is 0.241 e. The van der Waals surface area contributed by atoms with Crippen LogP contribution in [0.15, 0.2) is 71.6 Å². The molecule has 34 heavy (non-hydrogen) atoms. The van der Waals surface area contributed by atoms with E-state index >= 15 is 0 Å². The summed E-state index contributed by atoms with van der Waals surface area (Å²) in [7, 11) is -3.58. The molecule has 176 valence electrons. The zero-order chi connectivity index (χ0) is 23.5. The van der Waals surface area contributed by atoms with Crippen molar-refractivity contribution >= 4 is 43.5 Å². The van der Waals surface area contributed by atoms with Gasteiger partial charge < -0.3 is 11.1 Å². The Balaban J connectivity index is 1.20. The molecule has 0 spiro atoms. The van der Waals surface area contributed by atoms with E-state index in [4.69, 9.17) is 5.73 Å². The molecule has 1 aliphatic rings. The summed E-state index contributed by atoms with van der Waals surface area (Å²) in [6, 6.07) is 20.7. The Labute approximate surface area is 199 Å². The van der Waals surface area contributed by atoms with Crippen molar-refractivity contribution in [1.29, 1.82) is 0 Å². The average Bonchev–Trinajstić information content (AvgIpc) is 2.86. The number of hydrogen-bond acceptors (Lipinski definition) is 6. The van der Waals surface area contributed by atoms with E-state index in [1.165, 1.54) is 0 Å². The van der Waals surface area contributed by atoms with Crippen LogP contribution in [0.25, 0.3) is 21.7 Å². The number of para-hydroxylation sites is 1. The predicted octanol–water partition coefficient (Wildman–Crippen LogP) is 4.56. The molecule has 1 saturated carbocycles. The summed E-state index contributed by atoms with van der Waals surface area (Å²) in [4.78, 5) is 9.31. The molecule has 1 aromatic heterocycles. The second kappa shape index (κ2) is 9.56. The maximum atomic E-state index is 13.1. The molecule has 1 heterocycles. The Morgan fingerprint density at radius 1 is 0.853 bits per heavy atom. The molecule has 5 rings (SSSR count). The summed E-state index contributed by atoms with van der Waals surface area (Å²) in [5, 5.41) is 5.87. The molecule has 2 atom stereocenters. The van der Waals surface area contributed by atoms with E-state index in [1.807, 2.05) is 54.6 Å². The van der Waals surface area contributed by atoms with Gasteiger partial charge in [0, 0.05) is 23.9 Å². The fourth-order valence-electron chi connectivity index (χ4n) is 4.92. The van der Waals surface area contributed by atoms with E-state index in [0.29, 0.717) is 35.0 Å². The highest BCUT2D eigenvalue weighted by molar-refractivity contribution is 7.89. The van der Waals surface area contributed by atoms with Gasteiger partial charge in [0.1, 0.15) is 5.82 Å². The molecule has 1 fully saturated rings. The smallest absolute Gasteiger partial charge is 0.241 e. The van der Waals surface area contributed by atoms with Gasteiger partial charge in [-0.1, -0.05) is 55.0 Å². The van der Waals surface area contributed by atoms with Gasteiger partial charge in [0.15, 0.2) is 0 Å². The third-order valence-corrected chi connectivity index (χ3v) is 8.16. The molecule has 3 aromatic carbocycles. The lowest BCUT2D eigenvalue weighted by Gasteiger charge is -2.29. The minimum Gasteiger partial charge on any atom is -0.383 e. The maximum absolute atomic E-state index is 13.1. The summed E-state index contributed by atoms with van der Waals surface area (Å²) < 4.78 is 29.0. The van der Waals surface area contributed by atoms with Crippen LogP contribution in [0.5, 0.6) is 0 Å². The van der Waals surface area contributed by atoms with Crippen LogP contribution in [0.3, 0.4) is 0 Å². The number of nitrogens with one attached hydrogen (secondary N) is 2. The fourth-order valence-corrected chi connectivity index (χ4v) is 6.27. The van der Waals surface area contributed by atoms with Crippen LogP contribution in [-0.2, 0) is 10.0 Å². The molecule has 0 bridgehead atoms. The first-order valence-electron chi connectivity index (χ1n) is 11.7. The van der Waals surface area contributed by atoms with E-state index < -0.39 is 10.0 Å². The summed E-state index contributed by atoms with van der Waals surface area (Å²) in [5.74, 6) is 1.73. The molecule has 0 aliphatic heterocycles. The van der Waals surface area contributed by atoms with Crippen molar-refractivity contribution in [3.63, 3.8) is 0 Å². The molecule has 4 aromatic rings. The van der Waals surface area contributed by atoms with Crippen LogP contribution >= 0.6 is 0 Å². The Morgan fingerprint density at radius 3 is 2.41 bits per heavy atom. The van der Waals surface area contributed by atoms with Crippen molar-refractivity contribution in [1.82, 2.24) is 14.7 Å². The number of fused-ring (bicyclic) bond motifs is 2. The number of nitrogens with zero attached hydrogens (tertiary/aromatic N) is 2. The molecule has 7 nitrogen and oxygen atoms in total. The van der Waals surface area contributed by atoms with Crippen molar-refractivity contribution in [2.24, 2.45) is 11.8 Å². The van der Waals surface area contributed by atoms with Gasteiger partial charge in [0.25, 0.3) is 0 Å². The van der Waals surface area contributed by atoms with Crippen molar-refractivity contribution in [2.45, 2.75) is 30.6 Å². The van der Waals surface area contributed by atoms with Crippen LogP contribution in [0.4, 0.5) is 11.8 Å². The van der Waals surface area contributed by atoms with E-state index in [0.717, 1.165) is 53.9 Å². The highest BCUT2D eigenvalue weighted by Gasteiger charge is 2.25. The van der Waals surface area contributed by atoms with Gasteiger partial charge in [-0.25, -0.2) is 18.1 Å². The monoisotopic (exact) mass is 475 g/mol. The quantitative estimate of drug-likeness (QED) is 0.361. The SMILES string of the molecule is Nc1nc(NCC2CCCC(CNS(=O)(=O)c3cccc4ccccc34)C2)nc2ccccc12. The summed E-state index contributed by atoms with van der Waals surface area (Å²) in [5.41, 5.74) is 6.92. The number of benzene rings is 3. The number of sulfonamides is 1. The van der Waals surface area contributed by atoms with E-state index in [9.17, 15) is 8.42 Å². The number of nitrogens with two attached hydrogens (primary N) is 1. The molecule has 2 unspecified atom stereocenters. The highest BCUT2D eigenvalue weighted by Crippen LogP contribution is 2.30. The number of hydrogen-bond donors (Lipinski definition) is 3. The van der Waals surface area contributed by atoms with Crippen molar-refractivity contribution < 1.29 is 8.42 Å². The minimum atomic E-state index is -3.58. The average molecular weight is 476 g/mol. The van der Waals surface area contributed by atoms with Gasteiger partial charge in [-0.3, -0.25) is 0 Å². The Kier molecular flexibility index (Phi) is 6.34. The number of nitrogen functional groups attached to an aromatic ring is 1. The van der Waals surface area contributed by atoms with E-state index in [1.54, 1.807) is 12.1 Å². The second-order valence-corrected chi connectivity index (χ2v) is 10.8. The van der Waals surface area contributed by atoms with Gasteiger partial charge >= 0.3 is 0 Å². The molecule has 0 amide bonds. The fraction of sp³-hybridized carbons (Fsp3) is 0.308. The Bertz CT molecular complexity index is 1420. The molecule has 0 saturated heterocycles. The van der Waals surface area contributed by atoms with Gasteiger partial charge in [0.05, 0.1) is 10.4 Å². The number of aromatic nitrogens is 2. The lowest BCUT2D eigenvalue weighted by atomic mass is 9.81. The third kappa shape index (κ3) is 4.83. The minimum absolute atomic E-state index is 0.299. The molecule has 1 aliphatic carbocycles. The zero-order valence-corrected chi connectivity index (χ0v) is 19.8. The highest BCUT2D eigenvalue weighted by atomic mass is 32.2. The van der Waals surface area contributed by atoms with Crippen LogP contribution in [0, 0.1) is 11.8 Å². The molecular formula is C26H29N5O2S. The first-order valence-corrected chi connectivity index (χ1v) is 13.2. The second-order valence-electron chi connectivity index (χ2n) is 9.06. The Morgan fingerprint density at radius 2 is 1.56 bits per heavy atom. The van der Waals surface area contributed by atoms with Crippen LogP contribution < -0.4 is 15.8 Å². The standard InChI is InChI=1S/C26H29N5O2S/c27-25-22-12-3-4-13-23(22)30-26(31-25)28-16-18-7-5-8-19(15-18)17-29-34(32,33)24-14-6-10-20-9-1-2-11-21(20)24/h1-4,6,9-14,18-19,29H,5,7-8,15-17H2,(H3,27,28,30,31). The van der Waals surface area contributed by atoms with E-state index in [2.05, 4.69) is 20.0 Å². The molecular weight excluding hydrogens is 446 g/mol. The zero-order valence-electron chi connectivity index (χ0n) is 18.9. The van der Waals surface area contributed by atoms with Gasteiger partial charge in [-0.15, -0.1) is 0 Å². The summed E-state index contributed by atoms with van der Waals surface area (Å²) in [6.45, 7) is 1.19. The largest absolute Gasteiger partial charge is 0.383 e. The predicted molar refractivity (Wildman–Crippen MR) is 137 cm³/mol. The van der Waals surface area contributed by atoms with Crippen LogP contribution in [0.2, 0.25) is 0 Å². The third-order valence-electron chi connectivity index (χ3n) is 6.67.